The second kappa shape index (κ2) is 3.21. The highest BCUT2D eigenvalue weighted by Crippen LogP contribution is 2.41. The maximum absolute atomic E-state index is 2.35. The van der Waals surface area contributed by atoms with Crippen LogP contribution in [0, 0.1) is 20.8 Å². The monoisotopic (exact) mass is 203 g/mol. The lowest BCUT2D eigenvalue weighted by atomic mass is 9.95. The molecule has 73 valence electrons. The van der Waals surface area contributed by atoms with E-state index in [4.69, 9.17) is 0 Å². The topological polar surface area (TPSA) is 0 Å². The lowest BCUT2D eigenvalue weighted by Crippen LogP contribution is -2.04. The molecule has 0 bridgehead atoms. The third-order valence-electron chi connectivity index (χ3n) is 3.34. The van der Waals surface area contributed by atoms with Crippen molar-refractivity contribution in [3.63, 3.8) is 0 Å². The van der Waals surface area contributed by atoms with E-state index in [9.17, 15) is 0 Å². The molecule has 0 aliphatic carbocycles. The van der Waals surface area contributed by atoms with Gasteiger partial charge in [-0.25, -0.2) is 0 Å². The number of benzene rings is 1. The van der Waals surface area contributed by atoms with Gasteiger partial charge in [0.1, 0.15) is 0 Å². The third-order valence-corrected chi connectivity index (χ3v) is 4.61. The number of aryl methyl sites for hydroxylation is 1. The average Bonchev–Trinajstić information content (AvgIpc) is 2.39. The largest absolute Gasteiger partial charge is 0.0500 e. The van der Waals surface area contributed by atoms with Crippen molar-refractivity contribution < 1.29 is 0 Å². The number of rotatable bonds is 0. The van der Waals surface area contributed by atoms with Crippen molar-refractivity contribution >= 4 is 19.5 Å². The Bertz CT molecular complexity index is 439. The summed E-state index contributed by atoms with van der Waals surface area (Å²) in [6, 6.07) is 2.35. The molecule has 1 aromatic rings. The first-order valence-electron chi connectivity index (χ1n) is 5.02. The number of hydrogen-bond acceptors (Lipinski definition) is 0. The minimum atomic E-state index is 1.41. The predicted molar refractivity (Wildman–Crippen MR) is 65.5 cm³/mol. The van der Waals surface area contributed by atoms with Gasteiger partial charge in [0.25, 0.3) is 0 Å². The maximum atomic E-state index is 2.35. The molecule has 0 amide bonds. The average molecular weight is 203 g/mol. The molecule has 0 saturated carbocycles. The summed E-state index contributed by atoms with van der Waals surface area (Å²) in [4.78, 5) is 0. The molecule has 1 heteroatoms. The SMILES string of the molecule is CC1=C(C)c2c(cc(C)c(C)c2C)[P]1. The van der Waals surface area contributed by atoms with Crippen molar-refractivity contribution in [3.8, 4) is 0 Å². The normalized spacial score (nSPS) is 16.6. The van der Waals surface area contributed by atoms with Crippen molar-refractivity contribution in [2.24, 2.45) is 0 Å². The Kier molecular flexibility index (Phi) is 2.27. The number of fused-ring (bicyclic) bond motifs is 1. The van der Waals surface area contributed by atoms with Crippen LogP contribution in [0.4, 0.5) is 0 Å². The van der Waals surface area contributed by atoms with Gasteiger partial charge in [-0.2, -0.15) is 0 Å². The van der Waals surface area contributed by atoms with Gasteiger partial charge in [-0.15, -0.1) is 0 Å². The summed E-state index contributed by atoms with van der Waals surface area (Å²) in [5.41, 5.74) is 7.35. The molecule has 1 heterocycles. The smallest absolute Gasteiger partial charge is 0.00688 e. The Hall–Kier alpha value is -0.610. The molecule has 0 spiro atoms. The molecule has 0 N–H and O–H groups in total. The van der Waals surface area contributed by atoms with E-state index in [1.165, 1.54) is 47.0 Å². The molecule has 2 rings (SSSR count). The first-order valence-corrected chi connectivity index (χ1v) is 5.92. The Morgan fingerprint density at radius 1 is 0.929 bits per heavy atom. The van der Waals surface area contributed by atoms with E-state index >= 15 is 0 Å². The van der Waals surface area contributed by atoms with Gasteiger partial charge in [-0.3, -0.25) is 0 Å². The zero-order valence-electron chi connectivity index (χ0n) is 9.52. The van der Waals surface area contributed by atoms with Crippen LogP contribution < -0.4 is 5.30 Å². The van der Waals surface area contributed by atoms with E-state index in [2.05, 4.69) is 40.7 Å². The van der Waals surface area contributed by atoms with E-state index < -0.39 is 0 Å². The zero-order chi connectivity index (χ0) is 10.5. The first kappa shape index (κ1) is 9.93. The molecule has 0 unspecified atom stereocenters. The summed E-state index contributed by atoms with van der Waals surface area (Å²) >= 11 is 0. The summed E-state index contributed by atoms with van der Waals surface area (Å²) in [5, 5.41) is 3.01. The van der Waals surface area contributed by atoms with Crippen molar-refractivity contribution in [2.45, 2.75) is 34.6 Å². The van der Waals surface area contributed by atoms with Crippen LogP contribution in [0.15, 0.2) is 11.4 Å². The summed E-state index contributed by atoms with van der Waals surface area (Å²) in [6.45, 7) is 11.2. The highest BCUT2D eigenvalue weighted by molar-refractivity contribution is 7.53. The summed E-state index contributed by atoms with van der Waals surface area (Å²) in [7, 11) is 1.41. The van der Waals surface area contributed by atoms with E-state index in [-0.39, 0.29) is 0 Å². The summed E-state index contributed by atoms with van der Waals surface area (Å²) in [6.07, 6.45) is 0. The molecular formula is C13H16P. The van der Waals surface area contributed by atoms with Crippen molar-refractivity contribution in [1.29, 1.82) is 0 Å². The Balaban J connectivity index is 2.74. The fraction of sp³-hybridized carbons (Fsp3) is 0.385. The minimum absolute atomic E-state index is 1.41. The molecule has 14 heavy (non-hydrogen) atoms. The van der Waals surface area contributed by atoms with Gasteiger partial charge in [-0.1, -0.05) is 6.07 Å². The van der Waals surface area contributed by atoms with Crippen LogP contribution in [-0.2, 0) is 0 Å². The summed E-state index contributed by atoms with van der Waals surface area (Å²) in [5.74, 6) is 0. The quantitative estimate of drug-likeness (QED) is 0.560. The molecule has 0 nitrogen and oxygen atoms in total. The molecule has 1 aliphatic rings. The molecule has 0 fully saturated rings. The predicted octanol–water partition coefficient (Wildman–Crippen LogP) is 3.95. The highest BCUT2D eigenvalue weighted by Gasteiger charge is 2.20. The summed E-state index contributed by atoms with van der Waals surface area (Å²) < 4.78 is 0. The van der Waals surface area contributed by atoms with Crippen molar-refractivity contribution in [1.82, 2.24) is 0 Å². The van der Waals surface area contributed by atoms with Crippen LogP contribution in [0.5, 0.6) is 0 Å². The molecule has 1 aliphatic heterocycles. The van der Waals surface area contributed by atoms with E-state index in [1.54, 1.807) is 0 Å². The van der Waals surface area contributed by atoms with Crippen LogP contribution in [0.1, 0.15) is 36.1 Å². The molecule has 0 saturated heterocycles. The van der Waals surface area contributed by atoms with E-state index in [1.807, 2.05) is 0 Å². The van der Waals surface area contributed by atoms with Crippen LogP contribution in [0.2, 0.25) is 0 Å². The van der Waals surface area contributed by atoms with Gasteiger partial charge in [-0.05, 0) is 81.6 Å². The van der Waals surface area contributed by atoms with Crippen LogP contribution >= 0.6 is 8.58 Å². The Morgan fingerprint density at radius 3 is 2.21 bits per heavy atom. The van der Waals surface area contributed by atoms with Gasteiger partial charge in [0, 0.05) is 0 Å². The third kappa shape index (κ3) is 1.25. The van der Waals surface area contributed by atoms with E-state index in [0.717, 1.165) is 0 Å². The Labute approximate surface area is 88.2 Å². The van der Waals surface area contributed by atoms with Crippen LogP contribution in [0.25, 0.3) is 5.57 Å². The zero-order valence-corrected chi connectivity index (χ0v) is 10.4. The molecule has 0 aromatic heterocycles. The number of hydrogen-bond donors (Lipinski definition) is 0. The van der Waals surface area contributed by atoms with Crippen LogP contribution in [0.3, 0.4) is 0 Å². The highest BCUT2D eigenvalue weighted by atomic mass is 31.1. The molecular weight excluding hydrogens is 187 g/mol. The van der Waals surface area contributed by atoms with Gasteiger partial charge in [0.05, 0.1) is 0 Å². The van der Waals surface area contributed by atoms with Crippen molar-refractivity contribution in [2.75, 3.05) is 0 Å². The Morgan fingerprint density at radius 2 is 1.57 bits per heavy atom. The molecule has 1 aromatic carbocycles. The fourth-order valence-corrected chi connectivity index (χ4v) is 3.41. The first-order chi connectivity index (χ1) is 6.52. The van der Waals surface area contributed by atoms with Gasteiger partial charge in [0.15, 0.2) is 0 Å². The van der Waals surface area contributed by atoms with E-state index in [0.29, 0.717) is 0 Å². The lowest BCUT2D eigenvalue weighted by molar-refractivity contribution is 1.26. The second-order valence-corrected chi connectivity index (χ2v) is 5.54. The molecule has 1 radical (unpaired) electrons. The maximum Gasteiger partial charge on any atom is -0.00688 e. The standard InChI is InChI=1S/C13H16P/c1-7-6-12-13(9(3)8(7)2)10(4)11(5)14-12/h6H,1-5H3. The second-order valence-electron chi connectivity index (χ2n) is 4.16. The fourth-order valence-electron chi connectivity index (χ4n) is 2.07. The minimum Gasteiger partial charge on any atom is -0.0500 e. The van der Waals surface area contributed by atoms with Gasteiger partial charge >= 0.3 is 0 Å². The van der Waals surface area contributed by atoms with Crippen molar-refractivity contribution in [3.05, 3.63) is 33.6 Å². The van der Waals surface area contributed by atoms with Gasteiger partial charge < -0.3 is 0 Å². The lowest BCUT2D eigenvalue weighted by Gasteiger charge is -2.11. The van der Waals surface area contributed by atoms with Crippen LogP contribution in [-0.4, -0.2) is 0 Å². The van der Waals surface area contributed by atoms with Gasteiger partial charge in [0.2, 0.25) is 0 Å². The number of allylic oxidation sites excluding steroid dienone is 2. The molecule has 0 atom stereocenters.